The molecule has 1 nitrogen and oxygen atoms in total. The summed E-state index contributed by atoms with van der Waals surface area (Å²) in [5.74, 6) is 0.798. The molecule has 3 atom stereocenters. The van der Waals surface area contributed by atoms with E-state index in [-0.39, 0.29) is 5.92 Å². The van der Waals surface area contributed by atoms with Crippen molar-refractivity contribution in [2.45, 2.75) is 51.7 Å². The average Bonchev–Trinajstić information content (AvgIpc) is 2.33. The van der Waals surface area contributed by atoms with Gasteiger partial charge in [0.2, 0.25) is 0 Å². The quantitative estimate of drug-likeness (QED) is 0.800. The summed E-state index contributed by atoms with van der Waals surface area (Å²) in [5, 5.41) is 0. The molecule has 2 N–H and O–H groups in total. The average molecular weight is 285 g/mol. The van der Waals surface area contributed by atoms with E-state index in [2.05, 4.69) is 13.8 Å². The van der Waals surface area contributed by atoms with Gasteiger partial charge in [-0.15, -0.1) is 0 Å². The summed E-state index contributed by atoms with van der Waals surface area (Å²) in [6.45, 7) is 5.99. The van der Waals surface area contributed by atoms with Crippen molar-refractivity contribution in [2.75, 3.05) is 0 Å². The minimum Gasteiger partial charge on any atom is -0.321 e. The van der Waals surface area contributed by atoms with E-state index in [0.717, 1.165) is 30.9 Å². The number of aryl methyl sites for hydroxylation is 1. The van der Waals surface area contributed by atoms with Crippen LogP contribution in [0.4, 0.5) is 13.2 Å². The van der Waals surface area contributed by atoms with Gasteiger partial charge in [-0.05, 0) is 54.9 Å². The van der Waals surface area contributed by atoms with E-state index in [4.69, 9.17) is 5.73 Å². The Labute approximate surface area is 118 Å². The van der Waals surface area contributed by atoms with Crippen LogP contribution < -0.4 is 5.73 Å². The van der Waals surface area contributed by atoms with E-state index in [0.29, 0.717) is 11.5 Å². The van der Waals surface area contributed by atoms with E-state index < -0.39 is 17.3 Å². The molecule has 4 heteroatoms. The lowest BCUT2D eigenvalue weighted by Crippen LogP contribution is -2.47. The molecule has 3 unspecified atom stereocenters. The molecule has 0 heterocycles. The maximum atomic E-state index is 12.7. The van der Waals surface area contributed by atoms with Gasteiger partial charge in [-0.3, -0.25) is 0 Å². The van der Waals surface area contributed by atoms with E-state index >= 15 is 0 Å². The number of benzene rings is 1. The number of hydrogen-bond donors (Lipinski definition) is 1. The molecule has 1 saturated carbocycles. The molecule has 1 aliphatic rings. The highest BCUT2D eigenvalue weighted by atomic mass is 19.4. The molecule has 0 radical (unpaired) electrons. The zero-order valence-corrected chi connectivity index (χ0v) is 12.2. The molecule has 1 aliphatic carbocycles. The molecular weight excluding hydrogens is 263 g/mol. The molecule has 1 aromatic carbocycles. The van der Waals surface area contributed by atoms with Crippen molar-refractivity contribution in [3.8, 4) is 0 Å². The normalized spacial score (nSPS) is 31.4. The maximum Gasteiger partial charge on any atom is 0.416 e. The number of nitrogens with two attached hydrogens (primary N) is 1. The van der Waals surface area contributed by atoms with Gasteiger partial charge in [0.25, 0.3) is 0 Å². The van der Waals surface area contributed by atoms with Crippen molar-refractivity contribution in [2.24, 2.45) is 17.6 Å². The van der Waals surface area contributed by atoms with Gasteiger partial charge in [0.1, 0.15) is 0 Å². The number of alkyl halides is 3. The smallest absolute Gasteiger partial charge is 0.321 e. The first-order valence-electron chi connectivity index (χ1n) is 7.12. The molecule has 0 saturated heterocycles. The maximum absolute atomic E-state index is 12.7. The van der Waals surface area contributed by atoms with Crippen LogP contribution in [0.3, 0.4) is 0 Å². The van der Waals surface area contributed by atoms with Crippen LogP contribution in [0, 0.1) is 18.8 Å². The summed E-state index contributed by atoms with van der Waals surface area (Å²) in [4.78, 5) is 0. The Morgan fingerprint density at radius 1 is 1.20 bits per heavy atom. The highest BCUT2D eigenvalue weighted by Gasteiger charge is 2.40. The van der Waals surface area contributed by atoms with Gasteiger partial charge in [0.15, 0.2) is 0 Å². The molecule has 112 valence electrons. The monoisotopic (exact) mass is 285 g/mol. The first-order chi connectivity index (χ1) is 9.14. The standard InChI is InChI=1S/C16H22F3N/c1-10-4-5-12(3)15(20,9-10)14-7-6-13(8-11(14)2)16(17,18)19/h6-8,10,12H,4-5,9,20H2,1-3H3. The lowest BCUT2D eigenvalue weighted by molar-refractivity contribution is -0.137. The largest absolute Gasteiger partial charge is 0.416 e. The second kappa shape index (κ2) is 5.06. The molecule has 2 rings (SSSR count). The Hall–Kier alpha value is -1.03. The van der Waals surface area contributed by atoms with Crippen LogP contribution in [0.5, 0.6) is 0 Å². The van der Waals surface area contributed by atoms with Crippen LogP contribution >= 0.6 is 0 Å². The molecule has 0 bridgehead atoms. The summed E-state index contributed by atoms with van der Waals surface area (Å²) in [7, 11) is 0. The van der Waals surface area contributed by atoms with E-state index in [1.807, 2.05) is 0 Å². The highest BCUT2D eigenvalue weighted by molar-refractivity contribution is 5.38. The second-order valence-electron chi connectivity index (χ2n) is 6.36. The van der Waals surface area contributed by atoms with Crippen molar-refractivity contribution in [1.82, 2.24) is 0 Å². The first-order valence-corrected chi connectivity index (χ1v) is 7.12. The van der Waals surface area contributed by atoms with Gasteiger partial charge in [-0.25, -0.2) is 0 Å². The lowest BCUT2D eigenvalue weighted by Gasteiger charge is -2.43. The fourth-order valence-corrected chi connectivity index (χ4v) is 3.41. The van der Waals surface area contributed by atoms with Gasteiger partial charge in [-0.1, -0.05) is 26.3 Å². The lowest BCUT2D eigenvalue weighted by atomic mass is 9.66. The Bertz CT molecular complexity index is 495. The van der Waals surface area contributed by atoms with Crippen molar-refractivity contribution < 1.29 is 13.2 Å². The zero-order chi connectivity index (χ0) is 15.1. The minimum atomic E-state index is -4.30. The van der Waals surface area contributed by atoms with E-state index in [9.17, 15) is 13.2 Å². The van der Waals surface area contributed by atoms with Gasteiger partial charge in [0, 0.05) is 5.54 Å². The first kappa shape index (κ1) is 15.4. The van der Waals surface area contributed by atoms with Gasteiger partial charge in [-0.2, -0.15) is 13.2 Å². The molecule has 0 spiro atoms. The van der Waals surface area contributed by atoms with Crippen LogP contribution in [-0.2, 0) is 11.7 Å². The third-order valence-electron chi connectivity index (χ3n) is 4.71. The summed E-state index contributed by atoms with van der Waals surface area (Å²) >= 11 is 0. The summed E-state index contributed by atoms with van der Waals surface area (Å²) in [5.41, 5.74) is 6.99. The zero-order valence-electron chi connectivity index (χ0n) is 12.2. The Balaban J connectivity index is 2.42. The number of halogens is 3. The van der Waals surface area contributed by atoms with Gasteiger partial charge >= 0.3 is 6.18 Å². The van der Waals surface area contributed by atoms with Crippen LogP contribution in [0.2, 0.25) is 0 Å². The van der Waals surface area contributed by atoms with Crippen LogP contribution in [0.1, 0.15) is 49.8 Å². The summed E-state index contributed by atoms with van der Waals surface area (Å²) < 4.78 is 38.2. The Morgan fingerprint density at radius 3 is 2.40 bits per heavy atom. The van der Waals surface area contributed by atoms with Gasteiger partial charge < -0.3 is 5.73 Å². The predicted molar refractivity (Wildman–Crippen MR) is 74.2 cm³/mol. The van der Waals surface area contributed by atoms with Gasteiger partial charge in [0.05, 0.1) is 5.56 Å². The molecule has 1 fully saturated rings. The predicted octanol–water partition coefficient (Wildman–Crippen LogP) is 4.62. The summed E-state index contributed by atoms with van der Waals surface area (Å²) in [6, 6.07) is 3.95. The summed E-state index contributed by atoms with van der Waals surface area (Å²) in [6.07, 6.45) is -1.30. The van der Waals surface area contributed by atoms with Crippen molar-refractivity contribution in [1.29, 1.82) is 0 Å². The Kier molecular flexibility index (Phi) is 3.89. The number of hydrogen-bond acceptors (Lipinski definition) is 1. The molecule has 1 aromatic rings. The third-order valence-corrected chi connectivity index (χ3v) is 4.71. The molecule has 0 amide bonds. The Morgan fingerprint density at radius 2 is 1.85 bits per heavy atom. The topological polar surface area (TPSA) is 26.0 Å². The van der Waals surface area contributed by atoms with Crippen molar-refractivity contribution in [3.05, 3.63) is 34.9 Å². The number of rotatable bonds is 1. The molecular formula is C16H22F3N. The fourth-order valence-electron chi connectivity index (χ4n) is 3.41. The molecule has 0 aliphatic heterocycles. The van der Waals surface area contributed by atoms with Crippen LogP contribution in [0.25, 0.3) is 0 Å². The van der Waals surface area contributed by atoms with Crippen molar-refractivity contribution in [3.63, 3.8) is 0 Å². The highest BCUT2D eigenvalue weighted by Crippen LogP contribution is 2.43. The third kappa shape index (κ3) is 2.71. The minimum absolute atomic E-state index is 0.286. The van der Waals surface area contributed by atoms with E-state index in [1.54, 1.807) is 13.0 Å². The fraction of sp³-hybridized carbons (Fsp3) is 0.625. The van der Waals surface area contributed by atoms with Crippen LogP contribution in [-0.4, -0.2) is 0 Å². The van der Waals surface area contributed by atoms with Crippen molar-refractivity contribution >= 4 is 0 Å². The molecule has 0 aromatic heterocycles. The van der Waals surface area contributed by atoms with Crippen LogP contribution in [0.15, 0.2) is 18.2 Å². The van der Waals surface area contributed by atoms with E-state index in [1.165, 1.54) is 6.07 Å². The molecule has 20 heavy (non-hydrogen) atoms. The SMILES string of the molecule is Cc1cc(C(F)(F)F)ccc1C1(N)CC(C)CCC1C. The second-order valence-corrected chi connectivity index (χ2v) is 6.36.